The Morgan fingerprint density at radius 1 is 1.35 bits per heavy atom. The molecular weight excluding hydrogens is 410 g/mol. The Balaban J connectivity index is 1.89. The van der Waals surface area contributed by atoms with Crippen LogP contribution in [-0.4, -0.2) is 23.8 Å². The summed E-state index contributed by atoms with van der Waals surface area (Å²) in [6.07, 6.45) is 1.74. The quantitative estimate of drug-likeness (QED) is 0.767. The normalized spacial score (nSPS) is 25.1. The highest BCUT2D eigenvalue weighted by atomic mass is 79.9. The maximum atomic E-state index is 13.3. The maximum absolute atomic E-state index is 13.3. The molecule has 2 N–H and O–H groups in total. The number of halogens is 1. The van der Waals surface area contributed by atoms with E-state index < -0.39 is 5.54 Å². The summed E-state index contributed by atoms with van der Waals surface area (Å²) in [5, 5.41) is 0. The smallest absolute Gasteiger partial charge is 0.239 e. The summed E-state index contributed by atoms with van der Waals surface area (Å²) in [5.74, 6) is 0.449. The molecule has 0 saturated heterocycles. The first kappa shape index (κ1) is 17.7. The molecule has 0 saturated carbocycles. The Morgan fingerprint density at radius 2 is 2.04 bits per heavy atom. The molecule has 26 heavy (non-hydrogen) atoms. The molecule has 1 aliphatic heterocycles. The van der Waals surface area contributed by atoms with Crippen molar-refractivity contribution in [1.82, 2.24) is 4.90 Å². The Bertz CT molecular complexity index is 902. The van der Waals surface area contributed by atoms with E-state index in [0.29, 0.717) is 11.9 Å². The molecule has 2 aliphatic rings. The molecule has 1 aromatic heterocycles. The summed E-state index contributed by atoms with van der Waals surface area (Å²) in [6, 6.07) is 10.6. The van der Waals surface area contributed by atoms with Crippen LogP contribution in [0.1, 0.15) is 53.7 Å². The summed E-state index contributed by atoms with van der Waals surface area (Å²) >= 11 is 5.27. The van der Waals surface area contributed by atoms with E-state index in [2.05, 4.69) is 60.1 Å². The van der Waals surface area contributed by atoms with Gasteiger partial charge in [0.2, 0.25) is 5.91 Å². The molecule has 136 valence electrons. The molecule has 4 rings (SSSR count). The zero-order chi connectivity index (χ0) is 18.6. The second-order valence-corrected chi connectivity index (χ2v) is 9.88. The van der Waals surface area contributed by atoms with Gasteiger partial charge in [0.15, 0.2) is 5.96 Å². The summed E-state index contributed by atoms with van der Waals surface area (Å²) in [6.45, 7) is 4.35. The lowest BCUT2D eigenvalue weighted by Gasteiger charge is -2.40. The van der Waals surface area contributed by atoms with Gasteiger partial charge in [-0.05, 0) is 57.4 Å². The number of aliphatic imine (C=N–C) groups is 1. The minimum Gasteiger partial charge on any atom is -0.369 e. The second kappa shape index (κ2) is 6.20. The van der Waals surface area contributed by atoms with Crippen molar-refractivity contribution in [2.75, 3.05) is 7.05 Å². The third-order valence-electron chi connectivity index (χ3n) is 5.60. The molecule has 2 aromatic rings. The van der Waals surface area contributed by atoms with E-state index in [4.69, 9.17) is 10.7 Å². The molecule has 0 unspecified atom stereocenters. The zero-order valence-corrected chi connectivity index (χ0v) is 17.5. The van der Waals surface area contributed by atoms with Crippen molar-refractivity contribution >= 4 is 39.1 Å². The molecular formula is C20H22BrN3OS. The summed E-state index contributed by atoms with van der Waals surface area (Å²) in [4.78, 5) is 20.9. The highest BCUT2D eigenvalue weighted by molar-refractivity contribution is 9.11. The van der Waals surface area contributed by atoms with Crippen molar-refractivity contribution in [1.29, 1.82) is 0 Å². The van der Waals surface area contributed by atoms with Gasteiger partial charge in [0.25, 0.3) is 0 Å². The standard InChI is InChI=1S/C20H22BrN3OS/c1-11(2)12-4-6-13(7-5-12)16-18(25)24(3)19(22)23-20(16)9-8-14-10-15(21)26-17(14)20/h4-7,10-11,16H,8-9H2,1-3H3,(H2,22,23)/t16-,20-/m0/s1. The van der Waals surface area contributed by atoms with Gasteiger partial charge < -0.3 is 5.73 Å². The van der Waals surface area contributed by atoms with Crippen LogP contribution < -0.4 is 5.73 Å². The number of nitrogens with zero attached hydrogens (tertiary/aromatic N) is 2. The van der Waals surface area contributed by atoms with Crippen LogP contribution in [0.5, 0.6) is 0 Å². The van der Waals surface area contributed by atoms with Crippen LogP contribution in [-0.2, 0) is 16.8 Å². The average molecular weight is 432 g/mol. The van der Waals surface area contributed by atoms with Gasteiger partial charge in [-0.15, -0.1) is 11.3 Å². The molecule has 1 aromatic carbocycles. The van der Waals surface area contributed by atoms with Crippen LogP contribution in [0.3, 0.4) is 0 Å². The molecule has 1 aliphatic carbocycles. The van der Waals surface area contributed by atoms with E-state index in [1.165, 1.54) is 20.9 Å². The number of fused-ring (bicyclic) bond motifs is 2. The van der Waals surface area contributed by atoms with E-state index in [-0.39, 0.29) is 11.8 Å². The van der Waals surface area contributed by atoms with E-state index in [1.54, 1.807) is 18.4 Å². The highest BCUT2D eigenvalue weighted by Gasteiger charge is 2.54. The van der Waals surface area contributed by atoms with Gasteiger partial charge in [-0.2, -0.15) is 0 Å². The number of aryl methyl sites for hydroxylation is 1. The van der Waals surface area contributed by atoms with E-state index in [9.17, 15) is 4.79 Å². The van der Waals surface area contributed by atoms with Crippen LogP contribution in [0, 0.1) is 0 Å². The molecule has 0 fully saturated rings. The third-order valence-corrected chi connectivity index (χ3v) is 7.44. The van der Waals surface area contributed by atoms with Crippen LogP contribution in [0.4, 0.5) is 0 Å². The van der Waals surface area contributed by atoms with Crippen LogP contribution in [0.15, 0.2) is 39.1 Å². The number of thiophene rings is 1. The molecule has 2 heterocycles. The van der Waals surface area contributed by atoms with Gasteiger partial charge in [0.05, 0.1) is 9.70 Å². The van der Waals surface area contributed by atoms with E-state index in [1.807, 2.05) is 0 Å². The number of benzene rings is 1. The van der Waals surface area contributed by atoms with Gasteiger partial charge in [-0.3, -0.25) is 9.69 Å². The summed E-state index contributed by atoms with van der Waals surface area (Å²) in [5.41, 5.74) is 9.12. The van der Waals surface area contributed by atoms with Crippen LogP contribution in [0.2, 0.25) is 0 Å². The predicted molar refractivity (Wildman–Crippen MR) is 110 cm³/mol. The summed E-state index contributed by atoms with van der Waals surface area (Å²) < 4.78 is 1.08. The first-order chi connectivity index (χ1) is 12.3. The van der Waals surface area contributed by atoms with Gasteiger partial charge >= 0.3 is 0 Å². The van der Waals surface area contributed by atoms with Gasteiger partial charge in [0, 0.05) is 11.9 Å². The monoisotopic (exact) mass is 431 g/mol. The molecule has 0 radical (unpaired) electrons. The molecule has 1 amide bonds. The van der Waals surface area contributed by atoms with Crippen molar-refractivity contribution in [2.45, 2.75) is 44.1 Å². The number of likely N-dealkylation sites (N-methyl/N-ethyl adjacent to an activating group) is 1. The highest BCUT2D eigenvalue weighted by Crippen LogP contribution is 2.55. The van der Waals surface area contributed by atoms with Gasteiger partial charge in [-0.25, -0.2) is 4.99 Å². The first-order valence-corrected chi connectivity index (χ1v) is 10.5. The number of guanidine groups is 1. The number of nitrogens with two attached hydrogens (primary N) is 1. The predicted octanol–water partition coefficient (Wildman–Crippen LogP) is 4.35. The fraction of sp³-hybridized carbons (Fsp3) is 0.400. The van der Waals surface area contributed by atoms with Crippen molar-refractivity contribution in [3.63, 3.8) is 0 Å². The number of hydrogen-bond acceptors (Lipinski definition) is 4. The minimum absolute atomic E-state index is 0.0205. The number of amides is 1. The Kier molecular flexibility index (Phi) is 4.23. The lowest BCUT2D eigenvalue weighted by Crippen LogP contribution is -2.52. The number of carbonyl (C=O) groups is 1. The first-order valence-electron chi connectivity index (χ1n) is 8.85. The molecule has 2 atom stereocenters. The minimum atomic E-state index is -0.584. The van der Waals surface area contributed by atoms with Gasteiger partial charge in [0.1, 0.15) is 5.54 Å². The Morgan fingerprint density at radius 3 is 2.69 bits per heavy atom. The third kappa shape index (κ3) is 2.54. The fourth-order valence-electron chi connectivity index (χ4n) is 4.11. The van der Waals surface area contributed by atoms with Gasteiger partial charge in [-0.1, -0.05) is 38.1 Å². The van der Waals surface area contributed by atoms with Crippen molar-refractivity contribution in [2.24, 2.45) is 10.7 Å². The van der Waals surface area contributed by atoms with Crippen LogP contribution >= 0.6 is 27.3 Å². The van der Waals surface area contributed by atoms with Crippen LogP contribution in [0.25, 0.3) is 0 Å². The second-order valence-electron chi connectivity index (χ2n) is 7.45. The molecule has 1 spiro atoms. The largest absolute Gasteiger partial charge is 0.369 e. The van der Waals surface area contributed by atoms with Crippen molar-refractivity contribution in [3.05, 3.63) is 55.7 Å². The zero-order valence-electron chi connectivity index (χ0n) is 15.1. The van der Waals surface area contributed by atoms with E-state index >= 15 is 0 Å². The SMILES string of the molecule is CC(C)c1ccc([C@H]2C(=O)N(C)C(N)=N[C@@]23CCc2cc(Br)sc23)cc1. The molecule has 0 bridgehead atoms. The Hall–Kier alpha value is -1.66. The Labute approximate surface area is 166 Å². The number of carbonyl (C=O) groups excluding carboxylic acids is 1. The molecule has 6 heteroatoms. The topological polar surface area (TPSA) is 58.7 Å². The van der Waals surface area contributed by atoms with E-state index in [0.717, 1.165) is 22.2 Å². The maximum Gasteiger partial charge on any atom is 0.239 e. The lowest BCUT2D eigenvalue weighted by atomic mass is 9.76. The average Bonchev–Trinajstić information content (AvgIpc) is 3.13. The molecule has 4 nitrogen and oxygen atoms in total. The van der Waals surface area contributed by atoms with Crippen molar-refractivity contribution < 1.29 is 4.79 Å². The number of hydrogen-bond donors (Lipinski definition) is 1. The fourth-order valence-corrected chi connectivity index (χ4v) is 6.01. The number of rotatable bonds is 2. The summed E-state index contributed by atoms with van der Waals surface area (Å²) in [7, 11) is 1.71. The lowest BCUT2D eigenvalue weighted by molar-refractivity contribution is -0.130. The van der Waals surface area contributed by atoms with Crippen molar-refractivity contribution in [3.8, 4) is 0 Å².